The van der Waals surface area contributed by atoms with Gasteiger partial charge in [0.1, 0.15) is 0 Å². The molecule has 0 bridgehead atoms. The average molecular weight is 322 g/mol. The van der Waals surface area contributed by atoms with Crippen LogP contribution in [0.2, 0.25) is 0 Å². The van der Waals surface area contributed by atoms with Crippen molar-refractivity contribution >= 4 is 11.8 Å². The van der Waals surface area contributed by atoms with E-state index in [1.165, 1.54) is 64.2 Å². The molecule has 0 aromatic carbocycles. The number of amides is 2. The van der Waals surface area contributed by atoms with Crippen LogP contribution in [0.1, 0.15) is 96.8 Å². The van der Waals surface area contributed by atoms with Crippen LogP contribution in [0.25, 0.3) is 0 Å². The highest BCUT2D eigenvalue weighted by Gasteiger charge is 2.47. The molecule has 0 aromatic heterocycles. The fourth-order valence-corrected chi connectivity index (χ4v) is 4.49. The molecule has 1 saturated heterocycles. The summed E-state index contributed by atoms with van der Waals surface area (Å²) in [7, 11) is 0. The van der Waals surface area contributed by atoms with Crippen LogP contribution in [0.15, 0.2) is 0 Å². The number of nitrogens with one attached hydrogen (secondary N) is 1. The van der Waals surface area contributed by atoms with E-state index in [0.717, 1.165) is 25.7 Å². The first-order valence-corrected chi connectivity index (χ1v) is 10.1. The molecule has 3 nitrogen and oxygen atoms in total. The molecule has 0 aromatic rings. The number of fused-ring (bicyclic) bond motifs is 1. The zero-order valence-corrected chi connectivity index (χ0v) is 14.9. The van der Waals surface area contributed by atoms with Crippen LogP contribution in [-0.2, 0) is 9.59 Å². The third kappa shape index (κ3) is 5.61. The Kier molecular flexibility index (Phi) is 8.11. The molecular formula is C20H35NO2. The second-order valence-electron chi connectivity index (χ2n) is 7.65. The van der Waals surface area contributed by atoms with Gasteiger partial charge in [-0.3, -0.25) is 14.9 Å². The van der Waals surface area contributed by atoms with E-state index >= 15 is 0 Å². The Morgan fingerprint density at radius 3 is 2.09 bits per heavy atom. The van der Waals surface area contributed by atoms with Crippen molar-refractivity contribution in [2.75, 3.05) is 0 Å². The van der Waals surface area contributed by atoms with E-state index in [2.05, 4.69) is 12.2 Å². The second-order valence-corrected chi connectivity index (χ2v) is 7.65. The van der Waals surface area contributed by atoms with Gasteiger partial charge in [0, 0.05) is 0 Å². The van der Waals surface area contributed by atoms with Crippen molar-refractivity contribution < 1.29 is 9.59 Å². The molecule has 2 aliphatic rings. The number of hydrogen-bond donors (Lipinski definition) is 1. The van der Waals surface area contributed by atoms with Crippen molar-refractivity contribution in [3.63, 3.8) is 0 Å². The molecule has 1 saturated carbocycles. The minimum atomic E-state index is -0.00984. The van der Waals surface area contributed by atoms with Crippen molar-refractivity contribution in [2.45, 2.75) is 96.8 Å². The van der Waals surface area contributed by atoms with Gasteiger partial charge in [-0.2, -0.15) is 0 Å². The Morgan fingerprint density at radius 1 is 0.826 bits per heavy atom. The zero-order valence-electron chi connectivity index (χ0n) is 14.9. The standard InChI is InChI=1S/C20H35NO2/c1-2-3-4-5-6-7-8-9-10-11-13-16-14-12-15-17-18(16)20(23)21-19(17)22/h16-18H,2-15H2,1H3,(H,21,22,23). The van der Waals surface area contributed by atoms with Gasteiger partial charge in [-0.15, -0.1) is 0 Å². The Hall–Kier alpha value is -0.860. The minimum absolute atomic E-state index is 0.00480. The van der Waals surface area contributed by atoms with Crippen LogP contribution in [0.3, 0.4) is 0 Å². The quantitative estimate of drug-likeness (QED) is 0.430. The predicted molar refractivity (Wildman–Crippen MR) is 93.9 cm³/mol. The summed E-state index contributed by atoms with van der Waals surface area (Å²) in [5.41, 5.74) is 0. The van der Waals surface area contributed by atoms with Gasteiger partial charge < -0.3 is 0 Å². The van der Waals surface area contributed by atoms with Gasteiger partial charge in [0.2, 0.25) is 11.8 Å². The van der Waals surface area contributed by atoms with Crippen LogP contribution in [0.4, 0.5) is 0 Å². The van der Waals surface area contributed by atoms with Gasteiger partial charge in [-0.25, -0.2) is 0 Å². The van der Waals surface area contributed by atoms with E-state index in [9.17, 15) is 9.59 Å². The SMILES string of the molecule is CCCCCCCCCCCCC1CCCC2C(=O)NC(=O)C12. The van der Waals surface area contributed by atoms with E-state index in [0.29, 0.717) is 5.92 Å². The number of carbonyl (C=O) groups excluding carboxylic acids is 2. The molecule has 2 rings (SSSR count). The lowest BCUT2D eigenvalue weighted by molar-refractivity contribution is -0.126. The molecule has 1 heterocycles. The molecule has 3 atom stereocenters. The molecule has 1 aliphatic heterocycles. The van der Waals surface area contributed by atoms with Crippen LogP contribution in [0, 0.1) is 17.8 Å². The Bertz CT molecular complexity index is 380. The van der Waals surface area contributed by atoms with E-state index < -0.39 is 0 Å². The molecular weight excluding hydrogens is 286 g/mol. The number of carbonyl (C=O) groups is 2. The molecule has 23 heavy (non-hydrogen) atoms. The Morgan fingerprint density at radius 2 is 1.43 bits per heavy atom. The van der Waals surface area contributed by atoms with Gasteiger partial charge in [-0.1, -0.05) is 77.6 Å². The lowest BCUT2D eigenvalue weighted by Crippen LogP contribution is -2.30. The smallest absolute Gasteiger partial charge is 0.230 e. The summed E-state index contributed by atoms with van der Waals surface area (Å²) in [6.45, 7) is 2.26. The molecule has 1 N–H and O–H groups in total. The predicted octanol–water partition coefficient (Wildman–Crippen LogP) is 4.99. The average Bonchev–Trinajstić information content (AvgIpc) is 2.84. The van der Waals surface area contributed by atoms with Crippen molar-refractivity contribution in [3.8, 4) is 0 Å². The van der Waals surface area contributed by atoms with E-state index in [-0.39, 0.29) is 23.7 Å². The summed E-state index contributed by atoms with van der Waals surface area (Å²) >= 11 is 0. The lowest BCUT2D eigenvalue weighted by atomic mass is 9.71. The molecule has 3 heteroatoms. The topological polar surface area (TPSA) is 46.2 Å². The maximum Gasteiger partial charge on any atom is 0.230 e. The van der Waals surface area contributed by atoms with Gasteiger partial charge in [0.25, 0.3) is 0 Å². The van der Waals surface area contributed by atoms with E-state index in [1.54, 1.807) is 0 Å². The summed E-state index contributed by atoms with van der Waals surface area (Å²) in [6, 6.07) is 0. The third-order valence-corrected chi connectivity index (χ3v) is 5.85. The fraction of sp³-hybridized carbons (Fsp3) is 0.900. The monoisotopic (exact) mass is 321 g/mol. The molecule has 0 radical (unpaired) electrons. The highest BCUT2D eigenvalue weighted by molar-refractivity contribution is 6.05. The largest absolute Gasteiger partial charge is 0.296 e. The van der Waals surface area contributed by atoms with Crippen molar-refractivity contribution in [1.82, 2.24) is 5.32 Å². The number of hydrogen-bond acceptors (Lipinski definition) is 2. The summed E-state index contributed by atoms with van der Waals surface area (Å²) in [4.78, 5) is 23.8. The highest BCUT2D eigenvalue weighted by Crippen LogP contribution is 2.40. The van der Waals surface area contributed by atoms with Crippen LogP contribution in [-0.4, -0.2) is 11.8 Å². The number of rotatable bonds is 11. The fourth-order valence-electron chi connectivity index (χ4n) is 4.49. The number of imide groups is 1. The molecule has 1 aliphatic carbocycles. The maximum atomic E-state index is 12.0. The molecule has 2 amide bonds. The molecule has 132 valence electrons. The van der Waals surface area contributed by atoms with E-state index in [4.69, 9.17) is 0 Å². The van der Waals surface area contributed by atoms with Crippen molar-refractivity contribution in [1.29, 1.82) is 0 Å². The molecule has 2 fully saturated rings. The highest BCUT2D eigenvalue weighted by atomic mass is 16.2. The van der Waals surface area contributed by atoms with Crippen molar-refractivity contribution in [2.24, 2.45) is 17.8 Å². The first kappa shape index (κ1) is 18.5. The number of unbranched alkanes of at least 4 members (excludes halogenated alkanes) is 9. The van der Waals surface area contributed by atoms with Gasteiger partial charge >= 0.3 is 0 Å². The Balaban J connectivity index is 1.52. The first-order valence-electron chi connectivity index (χ1n) is 10.1. The van der Waals surface area contributed by atoms with Crippen molar-refractivity contribution in [3.05, 3.63) is 0 Å². The summed E-state index contributed by atoms with van der Waals surface area (Å²) in [6.07, 6.45) is 17.8. The van der Waals surface area contributed by atoms with Crippen LogP contribution in [0.5, 0.6) is 0 Å². The lowest BCUT2D eigenvalue weighted by Gasteiger charge is -2.30. The Labute approximate surface area is 142 Å². The van der Waals surface area contributed by atoms with Gasteiger partial charge in [0.15, 0.2) is 0 Å². The normalized spacial score (nSPS) is 27.1. The molecule has 0 spiro atoms. The maximum absolute atomic E-state index is 12.0. The zero-order chi connectivity index (χ0) is 16.5. The van der Waals surface area contributed by atoms with Gasteiger partial charge in [-0.05, 0) is 25.2 Å². The molecule has 3 unspecified atom stereocenters. The van der Waals surface area contributed by atoms with Crippen LogP contribution >= 0.6 is 0 Å². The summed E-state index contributed by atoms with van der Waals surface area (Å²) in [5, 5.41) is 2.55. The summed E-state index contributed by atoms with van der Waals surface area (Å²) < 4.78 is 0. The second kappa shape index (κ2) is 10.1. The van der Waals surface area contributed by atoms with E-state index in [1.807, 2.05) is 0 Å². The first-order chi connectivity index (χ1) is 11.2. The van der Waals surface area contributed by atoms with Gasteiger partial charge in [0.05, 0.1) is 11.8 Å². The summed E-state index contributed by atoms with van der Waals surface area (Å²) in [5.74, 6) is 0.443. The van der Waals surface area contributed by atoms with Crippen LogP contribution < -0.4 is 5.32 Å². The third-order valence-electron chi connectivity index (χ3n) is 5.85. The minimum Gasteiger partial charge on any atom is -0.296 e.